The molecule has 1 fully saturated rings. The molecule has 0 aliphatic heterocycles. The summed E-state index contributed by atoms with van der Waals surface area (Å²) in [7, 11) is 0. The molecule has 2 rings (SSSR count). The van der Waals surface area contributed by atoms with Crippen LogP contribution < -0.4 is 11.1 Å². The van der Waals surface area contributed by atoms with E-state index in [2.05, 4.69) is 31.3 Å². The molecular weight excluding hydrogens is 260 g/mol. The third kappa shape index (κ3) is 3.29. The lowest BCUT2D eigenvalue weighted by molar-refractivity contribution is -0.136. The Morgan fingerprint density at radius 2 is 1.86 bits per heavy atom. The molecule has 21 heavy (non-hydrogen) atoms. The second-order valence-corrected chi connectivity index (χ2v) is 6.28. The molecular formula is C18H28N2O. The van der Waals surface area contributed by atoms with Crippen LogP contribution in [-0.2, 0) is 4.79 Å². The van der Waals surface area contributed by atoms with Crippen molar-refractivity contribution in [2.24, 2.45) is 17.1 Å². The summed E-state index contributed by atoms with van der Waals surface area (Å²) < 4.78 is 0. The van der Waals surface area contributed by atoms with Gasteiger partial charge in [0.25, 0.3) is 0 Å². The normalized spacial score (nSPS) is 18.1. The Morgan fingerprint density at radius 3 is 2.29 bits per heavy atom. The van der Waals surface area contributed by atoms with Crippen LogP contribution in [0.15, 0.2) is 30.3 Å². The van der Waals surface area contributed by atoms with Gasteiger partial charge in [-0.3, -0.25) is 4.79 Å². The predicted octanol–water partition coefficient (Wildman–Crippen LogP) is 3.41. The molecule has 116 valence electrons. The summed E-state index contributed by atoms with van der Waals surface area (Å²) in [6, 6.07) is 10.4. The molecule has 0 aromatic heterocycles. The fraction of sp³-hybridized carbons (Fsp3) is 0.611. The average molecular weight is 288 g/mol. The van der Waals surface area contributed by atoms with Gasteiger partial charge in [-0.15, -0.1) is 0 Å². The average Bonchev–Trinajstić information content (AvgIpc) is 2.48. The second-order valence-electron chi connectivity index (χ2n) is 6.28. The van der Waals surface area contributed by atoms with Crippen LogP contribution in [0.1, 0.15) is 57.6 Å². The van der Waals surface area contributed by atoms with Crippen LogP contribution in [0.5, 0.6) is 0 Å². The number of nitrogens with one attached hydrogen (secondary N) is 1. The molecule has 1 aromatic rings. The standard InChI is InChI=1S/C18H28N2O/c1-3-14(4-2)16(15-9-6-5-7-10-15)20-17(21)18(13-19)11-8-12-18/h5-7,9-10,14,16H,3-4,8,11-13,19H2,1-2H3,(H,20,21). The third-order valence-electron chi connectivity index (χ3n) is 5.15. The Kier molecular flexibility index (Phi) is 5.40. The SMILES string of the molecule is CCC(CC)C(NC(=O)C1(CN)CCC1)c1ccccc1. The largest absolute Gasteiger partial charge is 0.348 e. The van der Waals surface area contributed by atoms with Gasteiger partial charge in [-0.25, -0.2) is 0 Å². The van der Waals surface area contributed by atoms with Crippen LogP contribution in [0, 0.1) is 11.3 Å². The number of carbonyl (C=O) groups is 1. The maximum atomic E-state index is 12.7. The van der Waals surface area contributed by atoms with E-state index in [1.807, 2.05) is 18.2 Å². The summed E-state index contributed by atoms with van der Waals surface area (Å²) in [5.41, 5.74) is 6.76. The molecule has 0 bridgehead atoms. The van der Waals surface area contributed by atoms with Gasteiger partial charge in [0.1, 0.15) is 0 Å². The minimum absolute atomic E-state index is 0.0951. The van der Waals surface area contributed by atoms with Crippen molar-refractivity contribution in [1.29, 1.82) is 0 Å². The van der Waals surface area contributed by atoms with E-state index in [4.69, 9.17) is 5.73 Å². The molecule has 0 radical (unpaired) electrons. The zero-order chi connectivity index (χ0) is 15.3. The van der Waals surface area contributed by atoms with E-state index in [0.29, 0.717) is 12.5 Å². The molecule has 1 unspecified atom stereocenters. The number of benzene rings is 1. The second kappa shape index (κ2) is 7.08. The van der Waals surface area contributed by atoms with E-state index >= 15 is 0 Å². The molecule has 3 N–H and O–H groups in total. The summed E-state index contributed by atoms with van der Waals surface area (Å²) in [5, 5.41) is 3.31. The van der Waals surface area contributed by atoms with Gasteiger partial charge in [0.15, 0.2) is 0 Å². The lowest BCUT2D eigenvalue weighted by atomic mass is 9.68. The summed E-state index contributed by atoms with van der Waals surface area (Å²) in [6.45, 7) is 4.85. The van der Waals surface area contributed by atoms with E-state index in [-0.39, 0.29) is 17.4 Å². The van der Waals surface area contributed by atoms with Crippen LogP contribution in [0.3, 0.4) is 0 Å². The van der Waals surface area contributed by atoms with Gasteiger partial charge in [0, 0.05) is 6.54 Å². The summed E-state index contributed by atoms with van der Waals surface area (Å²) in [5.74, 6) is 0.614. The molecule has 0 saturated heterocycles. The highest BCUT2D eigenvalue weighted by Gasteiger charge is 2.43. The van der Waals surface area contributed by atoms with E-state index in [1.165, 1.54) is 5.56 Å². The Hall–Kier alpha value is -1.35. The first-order valence-electron chi connectivity index (χ1n) is 8.23. The molecule has 1 saturated carbocycles. The number of hydrogen-bond donors (Lipinski definition) is 2. The van der Waals surface area contributed by atoms with Crippen LogP contribution in [0.2, 0.25) is 0 Å². The lowest BCUT2D eigenvalue weighted by Gasteiger charge is -2.41. The fourth-order valence-electron chi connectivity index (χ4n) is 3.32. The van der Waals surface area contributed by atoms with Crippen molar-refractivity contribution in [3.8, 4) is 0 Å². The predicted molar refractivity (Wildman–Crippen MR) is 86.7 cm³/mol. The smallest absolute Gasteiger partial charge is 0.227 e. The van der Waals surface area contributed by atoms with Crippen LogP contribution in [-0.4, -0.2) is 12.5 Å². The summed E-state index contributed by atoms with van der Waals surface area (Å²) >= 11 is 0. The summed E-state index contributed by atoms with van der Waals surface area (Å²) in [4.78, 5) is 12.7. The minimum Gasteiger partial charge on any atom is -0.348 e. The molecule has 1 atom stereocenters. The van der Waals surface area contributed by atoms with Gasteiger partial charge >= 0.3 is 0 Å². The van der Waals surface area contributed by atoms with Gasteiger partial charge in [0.05, 0.1) is 11.5 Å². The van der Waals surface area contributed by atoms with Crippen LogP contribution >= 0.6 is 0 Å². The Labute approximate surface area is 128 Å². The third-order valence-corrected chi connectivity index (χ3v) is 5.15. The monoisotopic (exact) mass is 288 g/mol. The topological polar surface area (TPSA) is 55.1 Å². The van der Waals surface area contributed by atoms with Gasteiger partial charge in [-0.05, 0) is 24.3 Å². The highest BCUT2D eigenvalue weighted by Crippen LogP contribution is 2.41. The molecule has 1 amide bonds. The van der Waals surface area contributed by atoms with Crippen molar-refractivity contribution in [2.45, 2.75) is 52.0 Å². The molecule has 1 aromatic carbocycles. The zero-order valence-electron chi connectivity index (χ0n) is 13.3. The molecule has 0 spiro atoms. The number of carbonyl (C=O) groups excluding carboxylic acids is 1. The molecule has 3 heteroatoms. The van der Waals surface area contributed by atoms with Gasteiger partial charge in [-0.1, -0.05) is 63.4 Å². The minimum atomic E-state index is -0.306. The maximum Gasteiger partial charge on any atom is 0.227 e. The first kappa shape index (κ1) is 16.0. The maximum absolute atomic E-state index is 12.7. The number of rotatable bonds is 7. The van der Waals surface area contributed by atoms with Crippen molar-refractivity contribution in [1.82, 2.24) is 5.32 Å². The highest BCUT2D eigenvalue weighted by molar-refractivity contribution is 5.84. The van der Waals surface area contributed by atoms with Crippen LogP contribution in [0.25, 0.3) is 0 Å². The number of nitrogens with two attached hydrogens (primary N) is 1. The lowest BCUT2D eigenvalue weighted by Crippen LogP contribution is -2.51. The first-order chi connectivity index (χ1) is 10.2. The van der Waals surface area contributed by atoms with E-state index in [0.717, 1.165) is 32.1 Å². The first-order valence-corrected chi connectivity index (χ1v) is 8.23. The quantitative estimate of drug-likeness (QED) is 0.808. The Bertz CT molecular complexity index is 444. The Balaban J connectivity index is 2.18. The van der Waals surface area contributed by atoms with Gasteiger partial charge in [-0.2, -0.15) is 0 Å². The van der Waals surface area contributed by atoms with Crippen molar-refractivity contribution in [3.63, 3.8) is 0 Å². The van der Waals surface area contributed by atoms with Crippen molar-refractivity contribution in [2.75, 3.05) is 6.54 Å². The molecule has 3 nitrogen and oxygen atoms in total. The van der Waals surface area contributed by atoms with Gasteiger partial charge < -0.3 is 11.1 Å². The summed E-state index contributed by atoms with van der Waals surface area (Å²) in [6.07, 6.45) is 5.10. The molecule has 0 heterocycles. The van der Waals surface area contributed by atoms with Crippen molar-refractivity contribution < 1.29 is 4.79 Å². The highest BCUT2D eigenvalue weighted by atomic mass is 16.2. The van der Waals surface area contributed by atoms with Crippen molar-refractivity contribution in [3.05, 3.63) is 35.9 Å². The molecule has 1 aliphatic rings. The van der Waals surface area contributed by atoms with E-state index in [1.54, 1.807) is 0 Å². The van der Waals surface area contributed by atoms with E-state index in [9.17, 15) is 4.79 Å². The number of amides is 1. The molecule has 1 aliphatic carbocycles. The van der Waals surface area contributed by atoms with E-state index < -0.39 is 0 Å². The number of hydrogen-bond acceptors (Lipinski definition) is 2. The Morgan fingerprint density at radius 1 is 1.24 bits per heavy atom. The zero-order valence-corrected chi connectivity index (χ0v) is 13.3. The van der Waals surface area contributed by atoms with Gasteiger partial charge in [0.2, 0.25) is 5.91 Å². The van der Waals surface area contributed by atoms with Crippen molar-refractivity contribution >= 4 is 5.91 Å². The fourth-order valence-corrected chi connectivity index (χ4v) is 3.32. The van der Waals surface area contributed by atoms with Crippen LogP contribution in [0.4, 0.5) is 0 Å².